The molecule has 4 aromatic carbocycles. The van der Waals surface area contributed by atoms with Gasteiger partial charge in [-0.2, -0.15) is 0 Å². The summed E-state index contributed by atoms with van der Waals surface area (Å²) in [5.74, 6) is 0.332. The minimum absolute atomic E-state index is 0.170. The monoisotopic (exact) mass is 664 g/mol. The molecule has 0 saturated carbocycles. The zero-order valence-corrected chi connectivity index (χ0v) is 29.8. The molecule has 0 radical (unpaired) electrons. The average Bonchev–Trinajstić information content (AvgIpc) is 3.74. The fourth-order valence-electron chi connectivity index (χ4n) is 7.76. The Morgan fingerprint density at radius 1 is 0.843 bits per heavy atom. The third-order valence-electron chi connectivity index (χ3n) is 10.5. The highest BCUT2D eigenvalue weighted by atomic mass is 15.0. The van der Waals surface area contributed by atoms with E-state index in [1.807, 2.05) is 12.3 Å². The first-order valence-corrected chi connectivity index (χ1v) is 18.0. The molecular weight excluding hydrogens is 621 g/mol. The Kier molecular flexibility index (Phi) is 8.63. The molecule has 7 aromatic rings. The van der Waals surface area contributed by atoms with E-state index in [1.165, 1.54) is 44.3 Å². The number of aryl methyl sites for hydroxylation is 2. The molecule has 3 aromatic heterocycles. The first-order chi connectivity index (χ1) is 24.9. The van der Waals surface area contributed by atoms with Crippen LogP contribution in [0.4, 0.5) is 0 Å². The van der Waals surface area contributed by atoms with Crippen LogP contribution in [0.5, 0.6) is 0 Å². The van der Waals surface area contributed by atoms with E-state index in [-0.39, 0.29) is 6.04 Å². The van der Waals surface area contributed by atoms with E-state index in [4.69, 9.17) is 10.7 Å². The molecule has 1 aliphatic carbocycles. The van der Waals surface area contributed by atoms with Crippen LogP contribution in [-0.4, -0.2) is 14.1 Å². The van der Waals surface area contributed by atoms with Crippen LogP contribution >= 0.6 is 0 Å². The second kappa shape index (κ2) is 13.5. The molecule has 0 bridgehead atoms. The number of nitrogens with two attached hydrogens (primary N) is 1. The van der Waals surface area contributed by atoms with Gasteiger partial charge in [0.05, 0.1) is 5.52 Å². The summed E-state index contributed by atoms with van der Waals surface area (Å²) in [6, 6.07) is 39.6. The van der Waals surface area contributed by atoms with Crippen molar-refractivity contribution < 1.29 is 0 Å². The Labute approximate surface area is 300 Å². The lowest BCUT2D eigenvalue weighted by atomic mass is 9.82. The first kappa shape index (κ1) is 32.5. The number of aromatic nitrogens is 3. The third-order valence-corrected chi connectivity index (χ3v) is 10.5. The maximum atomic E-state index is 6.67. The highest BCUT2D eigenvalue weighted by Crippen LogP contribution is 2.39. The lowest BCUT2D eigenvalue weighted by Gasteiger charge is -2.22. The van der Waals surface area contributed by atoms with Crippen molar-refractivity contribution in [3.63, 3.8) is 0 Å². The van der Waals surface area contributed by atoms with Crippen LogP contribution < -0.4 is 5.73 Å². The Morgan fingerprint density at radius 2 is 1.67 bits per heavy atom. The van der Waals surface area contributed by atoms with Crippen LogP contribution in [-0.2, 0) is 7.05 Å². The first-order valence-electron chi connectivity index (χ1n) is 18.0. The summed E-state index contributed by atoms with van der Waals surface area (Å²) in [6.45, 7) is 6.62. The normalized spacial score (nSPS) is 15.4. The van der Waals surface area contributed by atoms with Gasteiger partial charge >= 0.3 is 0 Å². The van der Waals surface area contributed by atoms with Crippen LogP contribution in [0.3, 0.4) is 0 Å². The summed E-state index contributed by atoms with van der Waals surface area (Å²) in [5.41, 5.74) is 22.4. The summed E-state index contributed by atoms with van der Waals surface area (Å²) in [4.78, 5) is 4.90. The second-order valence-corrected chi connectivity index (χ2v) is 13.9. The molecule has 2 atom stereocenters. The second-order valence-electron chi connectivity index (χ2n) is 13.9. The third kappa shape index (κ3) is 6.06. The van der Waals surface area contributed by atoms with Gasteiger partial charge < -0.3 is 10.3 Å². The van der Waals surface area contributed by atoms with E-state index >= 15 is 0 Å². The van der Waals surface area contributed by atoms with E-state index in [0.29, 0.717) is 5.92 Å². The van der Waals surface area contributed by atoms with Crippen molar-refractivity contribution >= 4 is 27.5 Å². The van der Waals surface area contributed by atoms with Gasteiger partial charge in [0.15, 0.2) is 0 Å². The van der Waals surface area contributed by atoms with Gasteiger partial charge in [0.1, 0.15) is 5.65 Å². The van der Waals surface area contributed by atoms with Crippen LogP contribution in [0.15, 0.2) is 151 Å². The standard InChI is InChI=1S/C47H44N4/c1-5-6-14-44(48)37-27-36(28-38(29-37)45-15-10-25-50(45)4)33-16-20-39(21-17-33)51-46-23-19-35(30-43(46)42-13-9-24-49-47(42)51)34-18-22-41(32(3)26-34)40-12-8-7-11-31(40)2/h6-25,27-30,34,44H,5,26,48H2,1-4H3/b14-6-. The minimum atomic E-state index is -0.170. The lowest BCUT2D eigenvalue weighted by molar-refractivity contribution is 0.818. The van der Waals surface area contributed by atoms with Crippen molar-refractivity contribution in [1.82, 2.24) is 14.1 Å². The van der Waals surface area contributed by atoms with Crippen LogP contribution in [0.1, 0.15) is 60.9 Å². The van der Waals surface area contributed by atoms with E-state index in [2.05, 4.69) is 171 Å². The van der Waals surface area contributed by atoms with Crippen molar-refractivity contribution in [2.24, 2.45) is 12.8 Å². The van der Waals surface area contributed by atoms with Crippen molar-refractivity contribution in [2.75, 3.05) is 0 Å². The fourth-order valence-corrected chi connectivity index (χ4v) is 7.76. The van der Waals surface area contributed by atoms with E-state index in [0.717, 1.165) is 51.9 Å². The summed E-state index contributed by atoms with van der Waals surface area (Å²) in [5, 5.41) is 2.40. The molecular formula is C47H44N4. The van der Waals surface area contributed by atoms with E-state index < -0.39 is 0 Å². The maximum absolute atomic E-state index is 6.67. The van der Waals surface area contributed by atoms with Gasteiger partial charge in [0.2, 0.25) is 0 Å². The predicted octanol–water partition coefficient (Wildman–Crippen LogP) is 11.6. The molecule has 0 fully saturated rings. The van der Waals surface area contributed by atoms with Gasteiger partial charge in [-0.1, -0.05) is 79.3 Å². The van der Waals surface area contributed by atoms with Gasteiger partial charge in [-0.15, -0.1) is 0 Å². The largest absolute Gasteiger partial charge is 0.351 e. The smallest absolute Gasteiger partial charge is 0.145 e. The van der Waals surface area contributed by atoms with Crippen molar-refractivity contribution in [1.29, 1.82) is 0 Å². The van der Waals surface area contributed by atoms with Crippen molar-refractivity contribution in [2.45, 2.75) is 45.6 Å². The molecule has 0 spiro atoms. The van der Waals surface area contributed by atoms with Crippen molar-refractivity contribution in [3.05, 3.63) is 174 Å². The molecule has 2 unspecified atom stereocenters. The molecule has 0 amide bonds. The number of pyridine rings is 1. The van der Waals surface area contributed by atoms with Gasteiger partial charge in [-0.05, 0) is 138 Å². The van der Waals surface area contributed by atoms with E-state index in [1.54, 1.807) is 0 Å². The van der Waals surface area contributed by atoms with Gasteiger partial charge in [0.25, 0.3) is 0 Å². The molecule has 51 heavy (non-hydrogen) atoms. The Balaban J connectivity index is 1.15. The van der Waals surface area contributed by atoms with Gasteiger partial charge in [0, 0.05) is 53.6 Å². The highest BCUT2D eigenvalue weighted by Gasteiger charge is 2.20. The summed E-state index contributed by atoms with van der Waals surface area (Å²) in [6.07, 6.45) is 14.9. The molecule has 2 N–H and O–H groups in total. The van der Waals surface area contributed by atoms with Crippen LogP contribution in [0, 0.1) is 6.92 Å². The Bertz CT molecular complexity index is 2480. The van der Waals surface area contributed by atoms with Gasteiger partial charge in [-0.25, -0.2) is 4.98 Å². The Hall–Kier alpha value is -5.71. The molecule has 0 aliphatic heterocycles. The SMILES string of the molecule is CC/C=C\C(N)c1cc(-c2ccc(-n3c4ccc(C5C=CC(c6ccccc6C)=C(C)C5)cc4c4cccnc43)cc2)cc(-c2cccn2C)c1. The maximum Gasteiger partial charge on any atom is 0.145 e. The van der Waals surface area contributed by atoms with Crippen molar-refractivity contribution in [3.8, 4) is 28.1 Å². The number of fused-ring (bicyclic) bond motifs is 3. The number of rotatable bonds is 8. The molecule has 0 saturated heterocycles. The molecule has 4 heteroatoms. The zero-order chi connectivity index (χ0) is 35.1. The molecule has 3 heterocycles. The Morgan fingerprint density at radius 3 is 2.43 bits per heavy atom. The number of allylic oxidation sites excluding steroid dienone is 5. The molecule has 8 rings (SSSR count). The highest BCUT2D eigenvalue weighted by molar-refractivity contribution is 6.08. The lowest BCUT2D eigenvalue weighted by Crippen LogP contribution is -2.07. The van der Waals surface area contributed by atoms with Crippen LogP contribution in [0.25, 0.3) is 55.6 Å². The van der Waals surface area contributed by atoms with Crippen LogP contribution in [0.2, 0.25) is 0 Å². The van der Waals surface area contributed by atoms with Gasteiger partial charge in [-0.3, -0.25) is 4.57 Å². The molecule has 1 aliphatic rings. The average molecular weight is 665 g/mol. The van der Waals surface area contributed by atoms with E-state index in [9.17, 15) is 0 Å². The summed E-state index contributed by atoms with van der Waals surface area (Å²) >= 11 is 0. The fraction of sp³-hybridized carbons (Fsp3) is 0.170. The number of hydrogen-bond donors (Lipinski definition) is 1. The zero-order valence-electron chi connectivity index (χ0n) is 29.8. The summed E-state index contributed by atoms with van der Waals surface area (Å²) in [7, 11) is 2.09. The molecule has 252 valence electrons. The number of benzene rings is 4. The predicted molar refractivity (Wildman–Crippen MR) is 215 cm³/mol. The quantitative estimate of drug-likeness (QED) is 0.164. The summed E-state index contributed by atoms with van der Waals surface area (Å²) < 4.78 is 4.46. The number of hydrogen-bond acceptors (Lipinski definition) is 2. The minimum Gasteiger partial charge on any atom is -0.351 e. The number of nitrogens with zero attached hydrogens (tertiary/aromatic N) is 3. The topological polar surface area (TPSA) is 48.8 Å². The molecule has 4 nitrogen and oxygen atoms in total.